The fourth-order valence-electron chi connectivity index (χ4n) is 2.78. The van der Waals surface area contributed by atoms with Crippen LogP contribution in [0.15, 0.2) is 36.8 Å². The van der Waals surface area contributed by atoms with Crippen molar-refractivity contribution in [2.75, 3.05) is 11.9 Å². The van der Waals surface area contributed by atoms with E-state index >= 15 is 0 Å². The van der Waals surface area contributed by atoms with Crippen LogP contribution >= 0.6 is 0 Å². The van der Waals surface area contributed by atoms with Gasteiger partial charge in [-0.05, 0) is 25.5 Å². The number of ether oxygens (including phenoxy) is 1. The molecule has 0 aliphatic carbocycles. The highest BCUT2D eigenvalue weighted by Gasteiger charge is 2.23. The minimum atomic E-state index is -0.499. The van der Waals surface area contributed by atoms with Crippen LogP contribution in [0.1, 0.15) is 62.5 Å². The highest BCUT2D eigenvalue weighted by molar-refractivity contribution is 6.03. The number of aromatic nitrogens is 2. The molecule has 0 bridgehead atoms. The minimum Gasteiger partial charge on any atom is -0.506 e. The van der Waals surface area contributed by atoms with Gasteiger partial charge in [-0.2, -0.15) is 0 Å². The van der Waals surface area contributed by atoms with E-state index in [2.05, 4.69) is 17.2 Å². The van der Waals surface area contributed by atoms with E-state index in [1.165, 1.54) is 18.6 Å². The van der Waals surface area contributed by atoms with Crippen molar-refractivity contribution in [3.8, 4) is 5.75 Å². The van der Waals surface area contributed by atoms with Crippen LogP contribution in [0.5, 0.6) is 5.75 Å². The maximum Gasteiger partial charge on any atom is 0.329 e. The summed E-state index contributed by atoms with van der Waals surface area (Å²) < 4.78 is 6.80. The highest BCUT2D eigenvalue weighted by Crippen LogP contribution is 2.23. The van der Waals surface area contributed by atoms with E-state index in [0.29, 0.717) is 18.7 Å². The van der Waals surface area contributed by atoms with E-state index in [-0.39, 0.29) is 17.4 Å². The molecule has 7 nitrogen and oxygen atoms in total. The topological polar surface area (TPSA) is 93.5 Å². The summed E-state index contributed by atoms with van der Waals surface area (Å²) in [5.41, 5.74) is 0.472. The van der Waals surface area contributed by atoms with Crippen LogP contribution < -0.4 is 5.32 Å². The summed E-state index contributed by atoms with van der Waals surface area (Å²) in [6.07, 6.45) is 7.82. The molecule has 2 rings (SSSR count). The fourth-order valence-corrected chi connectivity index (χ4v) is 2.78. The Morgan fingerprint density at radius 3 is 2.70 bits per heavy atom. The van der Waals surface area contributed by atoms with Crippen LogP contribution in [0.4, 0.5) is 5.69 Å². The Bertz CT molecular complexity index is 757. The molecule has 7 heteroatoms. The van der Waals surface area contributed by atoms with Gasteiger partial charge in [0.05, 0.1) is 18.6 Å². The average Bonchev–Trinajstić information content (AvgIpc) is 3.13. The number of phenols is 1. The third-order valence-electron chi connectivity index (χ3n) is 4.24. The van der Waals surface area contributed by atoms with E-state index in [1.807, 2.05) is 0 Å². The third-order valence-corrected chi connectivity index (χ3v) is 4.24. The molecule has 0 saturated heterocycles. The molecule has 2 N–H and O–H groups in total. The quantitative estimate of drug-likeness (QED) is 0.374. The van der Waals surface area contributed by atoms with E-state index in [4.69, 9.17) is 4.74 Å². The molecule has 0 aliphatic heterocycles. The van der Waals surface area contributed by atoms with Gasteiger partial charge in [-0.3, -0.25) is 4.79 Å². The summed E-state index contributed by atoms with van der Waals surface area (Å²) in [5, 5.41) is 12.4. The van der Waals surface area contributed by atoms with Gasteiger partial charge in [-0.15, -0.1) is 0 Å². The number of carbonyl (C=O) groups excluding carboxylic acids is 2. The molecule has 0 spiro atoms. The Kier molecular flexibility index (Phi) is 7.85. The van der Waals surface area contributed by atoms with Gasteiger partial charge < -0.3 is 19.7 Å². The van der Waals surface area contributed by atoms with Crippen molar-refractivity contribution < 1.29 is 19.4 Å². The van der Waals surface area contributed by atoms with Gasteiger partial charge in [0.15, 0.2) is 0 Å². The molecule has 1 unspecified atom stereocenters. The maximum absolute atomic E-state index is 12.4. The van der Waals surface area contributed by atoms with Gasteiger partial charge in [0.25, 0.3) is 5.91 Å². The van der Waals surface area contributed by atoms with Crippen LogP contribution in [-0.4, -0.2) is 33.1 Å². The molecule has 1 atom stereocenters. The number of esters is 1. The maximum atomic E-state index is 12.4. The number of phenolic OH excluding ortho intramolecular Hbond substituents is 1. The largest absolute Gasteiger partial charge is 0.506 e. The Balaban J connectivity index is 2.09. The van der Waals surface area contributed by atoms with Gasteiger partial charge in [0.1, 0.15) is 17.5 Å². The number of benzene rings is 1. The molecule has 1 aromatic carbocycles. The summed E-state index contributed by atoms with van der Waals surface area (Å²) >= 11 is 0. The normalized spacial score (nSPS) is 11.8. The Morgan fingerprint density at radius 1 is 1.22 bits per heavy atom. The molecular weight excluding hydrogens is 346 g/mol. The zero-order valence-corrected chi connectivity index (χ0v) is 15.9. The van der Waals surface area contributed by atoms with E-state index in [9.17, 15) is 14.7 Å². The molecule has 2 aromatic rings. The van der Waals surface area contributed by atoms with Gasteiger partial charge in [-0.1, -0.05) is 44.7 Å². The molecule has 146 valence electrons. The molecule has 1 heterocycles. The number of carbonyl (C=O) groups is 2. The second-order valence-corrected chi connectivity index (χ2v) is 6.29. The predicted molar refractivity (Wildman–Crippen MR) is 103 cm³/mol. The predicted octanol–water partition coefficient (Wildman–Crippen LogP) is 3.92. The summed E-state index contributed by atoms with van der Waals surface area (Å²) in [6.45, 7) is 4.21. The Hall–Kier alpha value is -2.83. The van der Waals surface area contributed by atoms with Crippen molar-refractivity contribution >= 4 is 17.6 Å². The monoisotopic (exact) mass is 373 g/mol. The standard InChI is InChI=1S/C20H27N3O4/c1-3-5-6-7-11-17(20(26)27-4-2)23-13-16(21-14-23)19(25)22-15-10-8-9-12-18(15)24/h8-10,12-14,17,24H,3-7,11H2,1-2H3,(H,22,25). The molecule has 0 fully saturated rings. The molecule has 27 heavy (non-hydrogen) atoms. The van der Waals surface area contributed by atoms with Crippen LogP contribution in [0.3, 0.4) is 0 Å². The van der Waals surface area contributed by atoms with Crippen LogP contribution in [0.25, 0.3) is 0 Å². The van der Waals surface area contributed by atoms with Gasteiger partial charge >= 0.3 is 5.97 Å². The zero-order valence-electron chi connectivity index (χ0n) is 15.9. The summed E-state index contributed by atoms with van der Waals surface area (Å²) in [7, 11) is 0. The number of amides is 1. The lowest BCUT2D eigenvalue weighted by atomic mass is 10.1. The molecule has 0 saturated carbocycles. The highest BCUT2D eigenvalue weighted by atomic mass is 16.5. The summed E-state index contributed by atoms with van der Waals surface area (Å²) in [4.78, 5) is 28.8. The smallest absolute Gasteiger partial charge is 0.329 e. The first-order valence-electron chi connectivity index (χ1n) is 9.36. The Labute approximate surface area is 159 Å². The van der Waals surface area contributed by atoms with Crippen LogP contribution in [-0.2, 0) is 9.53 Å². The van der Waals surface area contributed by atoms with Crippen molar-refractivity contribution in [1.29, 1.82) is 0 Å². The summed E-state index contributed by atoms with van der Waals surface area (Å²) in [6, 6.07) is 5.96. The number of aromatic hydroxyl groups is 1. The van der Waals surface area contributed by atoms with Crippen molar-refractivity contribution in [3.05, 3.63) is 42.5 Å². The van der Waals surface area contributed by atoms with Crippen molar-refractivity contribution in [2.24, 2.45) is 0 Å². The first-order valence-corrected chi connectivity index (χ1v) is 9.36. The number of nitrogens with zero attached hydrogens (tertiary/aromatic N) is 2. The molecule has 0 radical (unpaired) electrons. The number of imidazole rings is 1. The third kappa shape index (κ3) is 5.84. The average molecular weight is 373 g/mol. The molecule has 1 amide bonds. The number of unbranched alkanes of at least 4 members (excludes halogenated alkanes) is 3. The van der Waals surface area contributed by atoms with Gasteiger partial charge in [0.2, 0.25) is 0 Å². The lowest BCUT2D eigenvalue weighted by Gasteiger charge is -2.16. The SMILES string of the molecule is CCCCCCC(C(=O)OCC)n1cnc(C(=O)Nc2ccccc2O)c1. The molecule has 1 aromatic heterocycles. The summed E-state index contributed by atoms with van der Waals surface area (Å²) in [5.74, 6) is -0.798. The second-order valence-electron chi connectivity index (χ2n) is 6.29. The van der Waals surface area contributed by atoms with E-state index in [0.717, 1.165) is 25.7 Å². The van der Waals surface area contributed by atoms with Gasteiger partial charge in [0, 0.05) is 6.20 Å². The zero-order chi connectivity index (χ0) is 19.6. The number of rotatable bonds is 10. The Morgan fingerprint density at radius 2 is 2.00 bits per heavy atom. The van der Waals surface area contributed by atoms with Crippen molar-refractivity contribution in [2.45, 2.75) is 52.0 Å². The van der Waals surface area contributed by atoms with E-state index in [1.54, 1.807) is 29.7 Å². The number of hydrogen-bond acceptors (Lipinski definition) is 5. The minimum absolute atomic E-state index is 0.0226. The van der Waals surface area contributed by atoms with E-state index < -0.39 is 11.9 Å². The van der Waals surface area contributed by atoms with Crippen molar-refractivity contribution in [1.82, 2.24) is 9.55 Å². The number of hydrogen-bond donors (Lipinski definition) is 2. The molecular formula is C20H27N3O4. The number of anilines is 1. The lowest BCUT2D eigenvalue weighted by molar-refractivity contribution is -0.147. The first-order chi connectivity index (χ1) is 13.1. The number of para-hydroxylation sites is 2. The molecule has 0 aliphatic rings. The van der Waals surface area contributed by atoms with Crippen LogP contribution in [0, 0.1) is 0 Å². The van der Waals surface area contributed by atoms with Gasteiger partial charge in [-0.25, -0.2) is 9.78 Å². The van der Waals surface area contributed by atoms with Crippen LogP contribution in [0.2, 0.25) is 0 Å². The second kappa shape index (κ2) is 10.4. The van der Waals surface area contributed by atoms with Crippen molar-refractivity contribution in [3.63, 3.8) is 0 Å². The first kappa shape index (κ1) is 20.5. The fraction of sp³-hybridized carbons (Fsp3) is 0.450. The number of nitrogens with one attached hydrogen (secondary N) is 1. The lowest BCUT2D eigenvalue weighted by Crippen LogP contribution is -2.21.